The van der Waals surface area contributed by atoms with E-state index in [1.54, 1.807) is 0 Å². The van der Waals surface area contributed by atoms with E-state index >= 15 is 0 Å². The lowest BCUT2D eigenvalue weighted by atomic mass is 10.1. The Bertz CT molecular complexity index is 540. The fourth-order valence-electron chi connectivity index (χ4n) is 1.48. The van der Waals surface area contributed by atoms with Crippen LogP contribution in [0.15, 0.2) is 45.1 Å². The lowest BCUT2D eigenvalue weighted by molar-refractivity contribution is 0.811. The minimum Gasteiger partial charge on any atom is -0.324 e. The highest BCUT2D eigenvalue weighted by Gasteiger charge is 2.07. The molecule has 1 heterocycles. The largest absolute Gasteiger partial charge is 0.324 e. The van der Waals surface area contributed by atoms with Crippen molar-refractivity contribution in [3.05, 3.63) is 46.2 Å². The lowest BCUT2D eigenvalue weighted by Crippen LogP contribution is -2.05. The zero-order valence-corrected chi connectivity index (χ0v) is 12.6. The summed E-state index contributed by atoms with van der Waals surface area (Å²) in [7, 11) is 0. The predicted octanol–water partition coefficient (Wildman–Crippen LogP) is 3.72. The van der Waals surface area contributed by atoms with Crippen molar-refractivity contribution in [1.29, 1.82) is 0 Å². The summed E-state index contributed by atoms with van der Waals surface area (Å²) in [6.07, 6.45) is 3.64. The summed E-state index contributed by atoms with van der Waals surface area (Å²) in [5, 5.41) is 0.751. The fraction of sp³-hybridized carbons (Fsp3) is 0.231. The monoisotopic (exact) mass is 323 g/mol. The SMILES string of the molecule is Cc1cnc(Sc2ccc(C(C)N)c(Br)c2)nc1. The number of hydrogen-bond acceptors (Lipinski definition) is 4. The van der Waals surface area contributed by atoms with Gasteiger partial charge in [0.15, 0.2) is 5.16 Å². The first kappa shape index (κ1) is 13.5. The second-order valence-corrected chi connectivity index (χ2v) is 6.01. The molecule has 0 saturated carbocycles. The lowest BCUT2D eigenvalue weighted by Gasteiger charge is -2.09. The molecule has 0 aliphatic carbocycles. The van der Waals surface area contributed by atoms with Gasteiger partial charge in [0, 0.05) is 27.8 Å². The molecule has 1 aromatic carbocycles. The Morgan fingerprint density at radius 1 is 1.28 bits per heavy atom. The third-order valence-corrected chi connectivity index (χ3v) is 4.00. The summed E-state index contributed by atoms with van der Waals surface area (Å²) in [6.45, 7) is 3.94. The highest BCUT2D eigenvalue weighted by molar-refractivity contribution is 9.10. The summed E-state index contributed by atoms with van der Waals surface area (Å²) in [4.78, 5) is 9.64. The highest BCUT2D eigenvalue weighted by Crippen LogP contribution is 2.30. The van der Waals surface area contributed by atoms with Gasteiger partial charge in [-0.25, -0.2) is 9.97 Å². The number of aromatic nitrogens is 2. The van der Waals surface area contributed by atoms with Crippen molar-refractivity contribution in [2.45, 2.75) is 29.9 Å². The van der Waals surface area contributed by atoms with Gasteiger partial charge in [-0.05, 0) is 48.9 Å². The van der Waals surface area contributed by atoms with E-state index in [4.69, 9.17) is 5.73 Å². The normalized spacial score (nSPS) is 12.4. The smallest absolute Gasteiger partial charge is 0.192 e. The first-order valence-corrected chi connectivity index (χ1v) is 7.19. The highest BCUT2D eigenvalue weighted by atomic mass is 79.9. The molecule has 0 aliphatic heterocycles. The van der Waals surface area contributed by atoms with E-state index in [9.17, 15) is 0 Å². The average molecular weight is 324 g/mol. The molecule has 1 unspecified atom stereocenters. The molecule has 1 atom stereocenters. The standard InChI is InChI=1S/C13H14BrN3S/c1-8-6-16-13(17-7-8)18-10-3-4-11(9(2)15)12(14)5-10/h3-7,9H,15H2,1-2H3. The van der Waals surface area contributed by atoms with Crippen molar-refractivity contribution < 1.29 is 0 Å². The maximum atomic E-state index is 5.87. The third kappa shape index (κ3) is 3.31. The fourth-order valence-corrected chi connectivity index (χ4v) is 3.11. The van der Waals surface area contributed by atoms with Gasteiger partial charge < -0.3 is 5.73 Å². The maximum Gasteiger partial charge on any atom is 0.192 e. The second-order valence-electron chi connectivity index (χ2n) is 4.12. The molecule has 2 rings (SSSR count). The number of nitrogens with two attached hydrogens (primary N) is 1. The van der Waals surface area contributed by atoms with Gasteiger partial charge in [0.2, 0.25) is 0 Å². The Morgan fingerprint density at radius 2 is 1.94 bits per heavy atom. The minimum absolute atomic E-state index is 0.0223. The Morgan fingerprint density at radius 3 is 2.50 bits per heavy atom. The van der Waals surface area contributed by atoms with Crippen LogP contribution >= 0.6 is 27.7 Å². The third-order valence-electron chi connectivity index (χ3n) is 2.43. The van der Waals surface area contributed by atoms with Gasteiger partial charge in [0.05, 0.1) is 0 Å². The molecule has 0 aliphatic rings. The van der Waals surface area contributed by atoms with Gasteiger partial charge in [-0.15, -0.1) is 0 Å². The zero-order chi connectivity index (χ0) is 13.1. The number of hydrogen-bond donors (Lipinski definition) is 1. The molecule has 3 nitrogen and oxygen atoms in total. The molecule has 0 spiro atoms. The number of aryl methyl sites for hydroxylation is 1. The van der Waals surface area contributed by atoms with E-state index in [0.29, 0.717) is 0 Å². The first-order chi connectivity index (χ1) is 8.56. The van der Waals surface area contributed by atoms with Crippen LogP contribution in [0.2, 0.25) is 0 Å². The van der Waals surface area contributed by atoms with Gasteiger partial charge in [-0.1, -0.05) is 22.0 Å². The zero-order valence-electron chi connectivity index (χ0n) is 10.2. The Kier molecular flexibility index (Phi) is 4.37. The van der Waals surface area contributed by atoms with Crippen LogP contribution in [0, 0.1) is 6.92 Å². The van der Waals surface area contributed by atoms with E-state index in [1.165, 1.54) is 11.8 Å². The maximum absolute atomic E-state index is 5.87. The first-order valence-electron chi connectivity index (χ1n) is 5.58. The summed E-state index contributed by atoms with van der Waals surface area (Å²) in [5.41, 5.74) is 8.04. The quantitative estimate of drug-likeness (QED) is 0.874. The molecule has 0 bridgehead atoms. The van der Waals surface area contributed by atoms with Crippen LogP contribution in [0.5, 0.6) is 0 Å². The summed E-state index contributed by atoms with van der Waals surface area (Å²) >= 11 is 5.08. The summed E-state index contributed by atoms with van der Waals surface area (Å²) in [5.74, 6) is 0. The molecule has 94 valence electrons. The molecular formula is C13H14BrN3S. The van der Waals surface area contributed by atoms with Crippen molar-refractivity contribution in [3.8, 4) is 0 Å². The van der Waals surface area contributed by atoms with Crippen LogP contribution < -0.4 is 5.73 Å². The average Bonchev–Trinajstić information content (AvgIpc) is 2.32. The molecule has 2 N–H and O–H groups in total. The predicted molar refractivity (Wildman–Crippen MR) is 77.6 cm³/mol. The summed E-state index contributed by atoms with van der Waals surface area (Å²) in [6, 6.07) is 6.14. The van der Waals surface area contributed by atoms with Gasteiger partial charge in [0.25, 0.3) is 0 Å². The van der Waals surface area contributed by atoms with Gasteiger partial charge >= 0.3 is 0 Å². The number of nitrogens with zero attached hydrogens (tertiary/aromatic N) is 2. The van der Waals surface area contributed by atoms with Crippen molar-refractivity contribution in [1.82, 2.24) is 9.97 Å². The number of rotatable bonds is 3. The topological polar surface area (TPSA) is 51.8 Å². The minimum atomic E-state index is 0.0223. The van der Waals surface area contributed by atoms with Gasteiger partial charge in [-0.3, -0.25) is 0 Å². The molecule has 1 aromatic heterocycles. The van der Waals surface area contributed by atoms with Crippen LogP contribution in [0.3, 0.4) is 0 Å². The molecule has 2 aromatic rings. The van der Waals surface area contributed by atoms with E-state index in [0.717, 1.165) is 25.7 Å². The Labute approximate surface area is 119 Å². The molecule has 0 radical (unpaired) electrons. The van der Waals surface area contributed by atoms with Crippen molar-refractivity contribution in [3.63, 3.8) is 0 Å². The van der Waals surface area contributed by atoms with Crippen LogP contribution in [0.4, 0.5) is 0 Å². The van der Waals surface area contributed by atoms with E-state index < -0.39 is 0 Å². The van der Waals surface area contributed by atoms with Crippen LogP contribution in [0.1, 0.15) is 24.1 Å². The van der Waals surface area contributed by atoms with Crippen molar-refractivity contribution in [2.24, 2.45) is 5.73 Å². The molecule has 0 saturated heterocycles. The number of halogens is 1. The second kappa shape index (κ2) is 5.82. The van der Waals surface area contributed by atoms with Crippen molar-refractivity contribution in [2.75, 3.05) is 0 Å². The molecule has 18 heavy (non-hydrogen) atoms. The Balaban J connectivity index is 2.20. The summed E-state index contributed by atoms with van der Waals surface area (Å²) < 4.78 is 1.02. The van der Waals surface area contributed by atoms with Gasteiger partial charge in [0.1, 0.15) is 0 Å². The molecule has 0 amide bonds. The number of benzene rings is 1. The van der Waals surface area contributed by atoms with E-state index in [2.05, 4.69) is 25.9 Å². The van der Waals surface area contributed by atoms with E-state index in [1.807, 2.05) is 44.4 Å². The van der Waals surface area contributed by atoms with Gasteiger partial charge in [-0.2, -0.15) is 0 Å². The van der Waals surface area contributed by atoms with Crippen molar-refractivity contribution >= 4 is 27.7 Å². The molecular weight excluding hydrogens is 310 g/mol. The van der Waals surface area contributed by atoms with E-state index in [-0.39, 0.29) is 6.04 Å². The Hall–Kier alpha value is -0.910. The van der Waals surface area contributed by atoms with Crippen LogP contribution in [-0.2, 0) is 0 Å². The van der Waals surface area contributed by atoms with Crippen LogP contribution in [0.25, 0.3) is 0 Å². The molecule has 5 heteroatoms. The molecule has 0 fully saturated rings. The van der Waals surface area contributed by atoms with Crippen LogP contribution in [-0.4, -0.2) is 9.97 Å².